The molecule has 1 unspecified atom stereocenters. The maximum absolute atomic E-state index is 12.6. The Morgan fingerprint density at radius 3 is 2.15 bits per heavy atom. The summed E-state index contributed by atoms with van der Waals surface area (Å²) in [5.41, 5.74) is 4.79. The van der Waals surface area contributed by atoms with Crippen molar-refractivity contribution in [2.24, 2.45) is 0 Å². The Kier molecular flexibility index (Phi) is 8.42. The van der Waals surface area contributed by atoms with E-state index in [2.05, 4.69) is 41.7 Å². The number of hydrogen-bond donors (Lipinski definition) is 2. The number of aryl methyl sites for hydroxylation is 2. The number of ether oxygens (including phenoxy) is 1. The summed E-state index contributed by atoms with van der Waals surface area (Å²) in [6.07, 6.45) is 2.82. The molecule has 0 aliphatic carbocycles. The van der Waals surface area contributed by atoms with E-state index < -0.39 is 12.1 Å². The molecule has 3 aromatic carbocycles. The van der Waals surface area contributed by atoms with Crippen molar-refractivity contribution in [1.29, 1.82) is 0 Å². The van der Waals surface area contributed by atoms with Gasteiger partial charge in [0.25, 0.3) is 0 Å². The topological polar surface area (TPSA) is 75.6 Å². The molecule has 5 nitrogen and oxygen atoms in total. The zero-order valence-corrected chi connectivity index (χ0v) is 19.0. The minimum atomic E-state index is -1.04. The largest absolute Gasteiger partial charge is 0.479 e. The second-order valence-electron chi connectivity index (χ2n) is 7.85. The molecule has 0 radical (unpaired) electrons. The van der Waals surface area contributed by atoms with Gasteiger partial charge in [-0.3, -0.25) is 4.79 Å². The summed E-state index contributed by atoms with van der Waals surface area (Å²) in [6.45, 7) is 3.62. The minimum Gasteiger partial charge on any atom is -0.479 e. The molecule has 5 heteroatoms. The predicted octanol–water partition coefficient (Wildman–Crippen LogP) is 5.76. The Morgan fingerprint density at radius 1 is 0.909 bits per heavy atom. The van der Waals surface area contributed by atoms with Gasteiger partial charge in [0.1, 0.15) is 5.75 Å². The van der Waals surface area contributed by atoms with Gasteiger partial charge in [-0.2, -0.15) is 0 Å². The summed E-state index contributed by atoms with van der Waals surface area (Å²) in [6, 6.07) is 25.4. The number of carboxylic acids is 1. The van der Waals surface area contributed by atoms with Gasteiger partial charge in [-0.25, -0.2) is 4.79 Å². The number of carboxylic acid groups (broad SMARTS) is 1. The maximum Gasteiger partial charge on any atom is 0.344 e. The standard InChI is InChI=1S/C28H29NO4/c1-3-25(28(31)32)33-26-12-8-7-11-24(26)29-27(30)19-20(2)23-17-15-22(16-18-23)14-13-21-9-5-4-6-10-21/h4-12,15-19,25H,3,13-14H2,1-2H3,(H,29,30)(H,31,32). The van der Waals surface area contributed by atoms with E-state index in [1.807, 2.05) is 25.1 Å². The summed E-state index contributed by atoms with van der Waals surface area (Å²) < 4.78 is 5.58. The molecule has 1 amide bonds. The van der Waals surface area contributed by atoms with Crippen molar-refractivity contribution in [2.45, 2.75) is 39.2 Å². The average Bonchev–Trinajstić information content (AvgIpc) is 2.82. The Morgan fingerprint density at radius 2 is 1.52 bits per heavy atom. The van der Waals surface area contributed by atoms with Crippen LogP contribution < -0.4 is 10.1 Å². The Hall–Kier alpha value is -3.86. The number of para-hydroxylation sites is 2. The van der Waals surface area contributed by atoms with Crippen molar-refractivity contribution in [3.63, 3.8) is 0 Å². The van der Waals surface area contributed by atoms with E-state index in [0.717, 1.165) is 24.0 Å². The number of carbonyl (C=O) groups excluding carboxylic acids is 1. The van der Waals surface area contributed by atoms with Gasteiger partial charge >= 0.3 is 5.97 Å². The van der Waals surface area contributed by atoms with Crippen molar-refractivity contribution in [3.8, 4) is 5.75 Å². The maximum atomic E-state index is 12.6. The molecule has 0 saturated carbocycles. The lowest BCUT2D eigenvalue weighted by Crippen LogP contribution is -2.26. The van der Waals surface area contributed by atoms with Crippen molar-refractivity contribution >= 4 is 23.1 Å². The van der Waals surface area contributed by atoms with Gasteiger partial charge in [0, 0.05) is 6.08 Å². The van der Waals surface area contributed by atoms with Gasteiger partial charge in [0.05, 0.1) is 5.69 Å². The highest BCUT2D eigenvalue weighted by Crippen LogP contribution is 2.26. The lowest BCUT2D eigenvalue weighted by molar-refractivity contribution is -0.145. The van der Waals surface area contributed by atoms with Gasteiger partial charge < -0.3 is 15.2 Å². The molecular weight excluding hydrogens is 414 g/mol. The van der Waals surface area contributed by atoms with Crippen LogP contribution in [0.3, 0.4) is 0 Å². The summed E-state index contributed by atoms with van der Waals surface area (Å²) >= 11 is 0. The molecule has 0 spiro atoms. The molecule has 0 saturated heterocycles. The highest BCUT2D eigenvalue weighted by molar-refractivity contribution is 6.04. The first-order chi connectivity index (χ1) is 16.0. The fourth-order valence-corrected chi connectivity index (χ4v) is 3.45. The molecule has 2 N–H and O–H groups in total. The van der Waals surface area contributed by atoms with E-state index in [9.17, 15) is 14.7 Å². The quantitative estimate of drug-likeness (QED) is 0.391. The second-order valence-corrected chi connectivity index (χ2v) is 7.85. The van der Waals surface area contributed by atoms with Crippen LogP contribution in [0.5, 0.6) is 5.75 Å². The molecule has 3 aromatic rings. The van der Waals surface area contributed by atoms with Crippen LogP contribution in [0.1, 0.15) is 37.0 Å². The first-order valence-electron chi connectivity index (χ1n) is 11.1. The smallest absolute Gasteiger partial charge is 0.344 e. The Bertz CT molecular complexity index is 1100. The zero-order chi connectivity index (χ0) is 23.6. The highest BCUT2D eigenvalue weighted by atomic mass is 16.5. The number of anilines is 1. The minimum absolute atomic E-state index is 0.305. The van der Waals surface area contributed by atoms with Crippen molar-refractivity contribution in [2.75, 3.05) is 5.32 Å². The molecule has 0 fully saturated rings. The van der Waals surface area contributed by atoms with E-state index in [1.165, 1.54) is 17.2 Å². The molecule has 170 valence electrons. The third kappa shape index (κ3) is 7.07. The van der Waals surface area contributed by atoms with Crippen LogP contribution in [0.25, 0.3) is 5.57 Å². The first kappa shape index (κ1) is 23.8. The second kappa shape index (κ2) is 11.7. The third-order valence-corrected chi connectivity index (χ3v) is 5.36. The summed E-state index contributed by atoms with van der Waals surface area (Å²) in [4.78, 5) is 23.9. The molecular formula is C28H29NO4. The van der Waals surface area contributed by atoms with Crippen LogP contribution in [0.15, 0.2) is 84.9 Å². The lowest BCUT2D eigenvalue weighted by atomic mass is 10.0. The normalized spacial score (nSPS) is 12.1. The predicted molar refractivity (Wildman–Crippen MR) is 131 cm³/mol. The molecule has 0 bridgehead atoms. The molecule has 0 aliphatic rings. The van der Waals surface area contributed by atoms with E-state index in [0.29, 0.717) is 17.9 Å². The van der Waals surface area contributed by atoms with Crippen LogP contribution in [0, 0.1) is 0 Å². The van der Waals surface area contributed by atoms with Gasteiger partial charge in [0.15, 0.2) is 6.10 Å². The van der Waals surface area contributed by atoms with E-state index in [1.54, 1.807) is 31.2 Å². The Labute approximate surface area is 194 Å². The molecule has 33 heavy (non-hydrogen) atoms. The lowest BCUT2D eigenvalue weighted by Gasteiger charge is -2.16. The van der Waals surface area contributed by atoms with Crippen LogP contribution in [0.2, 0.25) is 0 Å². The molecule has 1 atom stereocenters. The van der Waals surface area contributed by atoms with Gasteiger partial charge in [-0.15, -0.1) is 0 Å². The van der Waals surface area contributed by atoms with E-state index in [-0.39, 0.29) is 5.91 Å². The van der Waals surface area contributed by atoms with Gasteiger partial charge in [-0.05, 0) is 60.6 Å². The number of aliphatic carboxylic acids is 1. The fraction of sp³-hybridized carbons (Fsp3) is 0.214. The van der Waals surface area contributed by atoms with Crippen molar-refractivity contribution < 1.29 is 19.4 Å². The van der Waals surface area contributed by atoms with Crippen LogP contribution >= 0.6 is 0 Å². The molecule has 0 aromatic heterocycles. The van der Waals surface area contributed by atoms with Crippen molar-refractivity contribution in [1.82, 2.24) is 0 Å². The van der Waals surface area contributed by atoms with Crippen LogP contribution in [0.4, 0.5) is 5.69 Å². The highest BCUT2D eigenvalue weighted by Gasteiger charge is 2.18. The third-order valence-electron chi connectivity index (χ3n) is 5.36. The number of nitrogens with one attached hydrogen (secondary N) is 1. The van der Waals surface area contributed by atoms with Crippen molar-refractivity contribution in [3.05, 3.63) is 102 Å². The zero-order valence-electron chi connectivity index (χ0n) is 19.0. The van der Waals surface area contributed by atoms with E-state index in [4.69, 9.17) is 4.74 Å². The molecule has 3 rings (SSSR count). The molecule has 0 heterocycles. The number of benzene rings is 3. The number of carbonyl (C=O) groups is 2. The Balaban J connectivity index is 1.63. The number of amides is 1. The number of hydrogen-bond acceptors (Lipinski definition) is 3. The van der Waals surface area contributed by atoms with E-state index >= 15 is 0 Å². The monoisotopic (exact) mass is 443 g/mol. The number of allylic oxidation sites excluding steroid dienone is 1. The number of rotatable bonds is 10. The summed E-state index contributed by atoms with van der Waals surface area (Å²) in [5, 5.41) is 12.0. The summed E-state index contributed by atoms with van der Waals surface area (Å²) in [5.74, 6) is -1.02. The fourth-order valence-electron chi connectivity index (χ4n) is 3.45. The van der Waals surface area contributed by atoms with Crippen LogP contribution in [-0.4, -0.2) is 23.1 Å². The summed E-state index contributed by atoms with van der Waals surface area (Å²) in [7, 11) is 0. The average molecular weight is 444 g/mol. The van der Waals surface area contributed by atoms with Crippen LogP contribution in [-0.2, 0) is 22.4 Å². The molecule has 0 aliphatic heterocycles. The first-order valence-corrected chi connectivity index (χ1v) is 11.1. The van der Waals surface area contributed by atoms with Gasteiger partial charge in [0.2, 0.25) is 5.91 Å². The SMILES string of the molecule is CCC(Oc1ccccc1NC(=O)C=C(C)c1ccc(CCc2ccccc2)cc1)C(=O)O. The van der Waals surface area contributed by atoms with Gasteiger partial charge in [-0.1, -0.05) is 73.7 Å².